The number of hydrogen-bond donors (Lipinski definition) is 1. The topological polar surface area (TPSA) is 106 Å². The number of nitrogens with zero attached hydrogens (tertiary/aromatic N) is 2. The highest BCUT2D eigenvalue weighted by Crippen LogP contribution is 2.38. The van der Waals surface area contributed by atoms with E-state index < -0.39 is 5.97 Å². The summed E-state index contributed by atoms with van der Waals surface area (Å²) in [7, 11) is 2.88. The largest absolute Gasteiger partial charge is 0.497 e. The van der Waals surface area contributed by atoms with E-state index in [9.17, 15) is 10.1 Å². The first kappa shape index (κ1) is 22.2. The minimum Gasteiger partial charge on any atom is -0.497 e. The van der Waals surface area contributed by atoms with Gasteiger partial charge in [0.2, 0.25) is 0 Å². The second-order valence-corrected chi connectivity index (χ2v) is 7.12. The van der Waals surface area contributed by atoms with Gasteiger partial charge < -0.3 is 23.9 Å². The van der Waals surface area contributed by atoms with Crippen molar-refractivity contribution >= 4 is 44.6 Å². The maximum Gasteiger partial charge on any atom is 0.343 e. The number of aromatic nitrogens is 2. The number of rotatable bonds is 8. The second kappa shape index (κ2) is 10.00. The van der Waals surface area contributed by atoms with E-state index in [1.807, 2.05) is 19.1 Å². The molecule has 0 radical (unpaired) electrons. The number of esters is 1. The van der Waals surface area contributed by atoms with Crippen molar-refractivity contribution in [1.29, 1.82) is 5.26 Å². The Hall–Kier alpha value is -3.51. The number of nitriles is 1. The summed E-state index contributed by atoms with van der Waals surface area (Å²) in [5.41, 5.74) is 2.51. The predicted molar refractivity (Wildman–Crippen MR) is 119 cm³/mol. The molecule has 0 bridgehead atoms. The average molecular weight is 486 g/mol. The number of halogens is 1. The van der Waals surface area contributed by atoms with E-state index >= 15 is 0 Å². The Morgan fingerprint density at radius 2 is 2.06 bits per heavy atom. The van der Waals surface area contributed by atoms with Gasteiger partial charge in [-0.1, -0.05) is 0 Å². The number of benzene rings is 2. The van der Waals surface area contributed by atoms with Gasteiger partial charge in [0.15, 0.2) is 18.1 Å². The lowest BCUT2D eigenvalue weighted by atomic mass is 10.1. The van der Waals surface area contributed by atoms with Crippen LogP contribution in [0, 0.1) is 11.3 Å². The maximum atomic E-state index is 11.4. The fourth-order valence-corrected chi connectivity index (χ4v) is 3.40. The molecule has 0 aliphatic carbocycles. The smallest absolute Gasteiger partial charge is 0.343 e. The van der Waals surface area contributed by atoms with Crippen molar-refractivity contribution in [1.82, 2.24) is 9.97 Å². The van der Waals surface area contributed by atoms with Gasteiger partial charge in [-0.25, -0.2) is 9.78 Å². The molecule has 8 nitrogen and oxygen atoms in total. The van der Waals surface area contributed by atoms with Gasteiger partial charge in [-0.05, 0) is 58.8 Å². The summed E-state index contributed by atoms with van der Waals surface area (Å²) < 4.78 is 21.6. The van der Waals surface area contributed by atoms with Crippen molar-refractivity contribution in [2.45, 2.75) is 6.92 Å². The van der Waals surface area contributed by atoms with Gasteiger partial charge in [0, 0.05) is 6.07 Å². The summed E-state index contributed by atoms with van der Waals surface area (Å²) in [5.74, 6) is 1.42. The van der Waals surface area contributed by atoms with E-state index in [1.165, 1.54) is 7.11 Å². The molecule has 0 spiro atoms. The Kier molecular flexibility index (Phi) is 7.15. The SMILES string of the molecule is CCOc1cc(/C=C(/C#N)c2nc3ccc(OC)cc3[nH]2)cc(Br)c1OCC(=O)OC. The molecule has 0 saturated carbocycles. The Morgan fingerprint density at radius 1 is 1.26 bits per heavy atom. The van der Waals surface area contributed by atoms with Crippen LogP contribution >= 0.6 is 15.9 Å². The van der Waals surface area contributed by atoms with Crippen LogP contribution < -0.4 is 14.2 Å². The third kappa shape index (κ3) is 5.16. The van der Waals surface area contributed by atoms with E-state index in [2.05, 4.69) is 36.7 Å². The van der Waals surface area contributed by atoms with Gasteiger partial charge in [0.05, 0.1) is 41.9 Å². The summed E-state index contributed by atoms with van der Waals surface area (Å²) in [4.78, 5) is 19.1. The Labute approximate surface area is 187 Å². The number of nitrogens with one attached hydrogen (secondary N) is 1. The molecule has 1 aromatic heterocycles. The molecule has 3 rings (SSSR count). The van der Waals surface area contributed by atoms with Crippen LogP contribution in [0.25, 0.3) is 22.7 Å². The van der Waals surface area contributed by atoms with Crippen molar-refractivity contribution in [2.75, 3.05) is 27.4 Å². The number of aromatic amines is 1. The van der Waals surface area contributed by atoms with E-state index in [0.717, 1.165) is 11.0 Å². The number of methoxy groups -OCH3 is 2. The monoisotopic (exact) mass is 485 g/mol. The van der Waals surface area contributed by atoms with E-state index in [0.29, 0.717) is 45.3 Å². The van der Waals surface area contributed by atoms with Crippen LogP contribution in [0.15, 0.2) is 34.8 Å². The zero-order valence-electron chi connectivity index (χ0n) is 17.2. The molecule has 0 aliphatic heterocycles. The highest BCUT2D eigenvalue weighted by Gasteiger charge is 2.15. The van der Waals surface area contributed by atoms with E-state index in [4.69, 9.17) is 14.2 Å². The van der Waals surface area contributed by atoms with Crippen LogP contribution in [-0.2, 0) is 9.53 Å². The second-order valence-electron chi connectivity index (χ2n) is 6.27. The first-order valence-electron chi connectivity index (χ1n) is 9.31. The number of imidazole rings is 1. The lowest BCUT2D eigenvalue weighted by Crippen LogP contribution is -2.13. The maximum absolute atomic E-state index is 11.4. The molecular weight excluding hydrogens is 466 g/mol. The van der Waals surface area contributed by atoms with Crippen LogP contribution in [-0.4, -0.2) is 43.4 Å². The van der Waals surface area contributed by atoms with Crippen molar-refractivity contribution in [3.63, 3.8) is 0 Å². The fourth-order valence-electron chi connectivity index (χ4n) is 2.83. The van der Waals surface area contributed by atoms with Gasteiger partial charge in [0.25, 0.3) is 0 Å². The van der Waals surface area contributed by atoms with Gasteiger partial charge in [-0.2, -0.15) is 5.26 Å². The third-order valence-electron chi connectivity index (χ3n) is 4.27. The van der Waals surface area contributed by atoms with Crippen LogP contribution in [0.2, 0.25) is 0 Å². The third-order valence-corrected chi connectivity index (χ3v) is 4.86. The first-order valence-corrected chi connectivity index (χ1v) is 10.1. The molecule has 3 aromatic rings. The number of hydrogen-bond acceptors (Lipinski definition) is 7. The summed E-state index contributed by atoms with van der Waals surface area (Å²) in [6.45, 7) is 1.98. The standard InChI is InChI=1S/C22H20BrN3O5/c1-4-30-19-9-13(8-16(23)21(19)31-12-20(27)29-3)7-14(11-24)22-25-17-6-5-15(28-2)10-18(17)26-22/h5-10H,4,12H2,1-3H3,(H,25,26)/b14-7-. The van der Waals surface area contributed by atoms with Crippen LogP contribution in [0.5, 0.6) is 17.2 Å². The number of carbonyl (C=O) groups is 1. The van der Waals surface area contributed by atoms with Gasteiger partial charge in [-0.15, -0.1) is 0 Å². The molecule has 0 saturated heterocycles. The van der Waals surface area contributed by atoms with Gasteiger partial charge in [0.1, 0.15) is 17.6 Å². The highest BCUT2D eigenvalue weighted by atomic mass is 79.9. The number of allylic oxidation sites excluding steroid dienone is 1. The molecule has 0 aliphatic rings. The minimum absolute atomic E-state index is 0.254. The molecule has 0 unspecified atom stereocenters. The number of ether oxygens (including phenoxy) is 4. The number of H-pyrrole nitrogens is 1. The van der Waals surface area contributed by atoms with Gasteiger partial charge in [-0.3, -0.25) is 0 Å². The van der Waals surface area contributed by atoms with Gasteiger partial charge >= 0.3 is 5.97 Å². The first-order chi connectivity index (χ1) is 15.0. The molecule has 1 N–H and O–H groups in total. The van der Waals surface area contributed by atoms with Crippen molar-refractivity contribution in [3.8, 4) is 23.3 Å². The lowest BCUT2D eigenvalue weighted by molar-refractivity contribution is -0.142. The average Bonchev–Trinajstić information content (AvgIpc) is 3.19. The van der Waals surface area contributed by atoms with E-state index in [-0.39, 0.29) is 6.61 Å². The highest BCUT2D eigenvalue weighted by molar-refractivity contribution is 9.10. The van der Waals surface area contributed by atoms with Crippen LogP contribution in [0.1, 0.15) is 18.3 Å². The summed E-state index contributed by atoms with van der Waals surface area (Å²) >= 11 is 3.45. The Bertz CT molecular complexity index is 1180. The summed E-state index contributed by atoms with van der Waals surface area (Å²) in [5, 5.41) is 9.71. The zero-order valence-corrected chi connectivity index (χ0v) is 18.8. The Balaban J connectivity index is 1.98. The fraction of sp³-hybridized carbons (Fsp3) is 0.227. The van der Waals surface area contributed by atoms with Crippen LogP contribution in [0.4, 0.5) is 0 Å². The minimum atomic E-state index is -0.508. The molecule has 9 heteroatoms. The number of fused-ring (bicyclic) bond motifs is 1. The molecular formula is C22H20BrN3O5. The normalized spacial score (nSPS) is 11.1. The molecule has 0 atom stereocenters. The molecule has 1 heterocycles. The summed E-state index contributed by atoms with van der Waals surface area (Å²) in [6.07, 6.45) is 1.69. The quantitative estimate of drug-likeness (QED) is 0.373. The zero-order chi connectivity index (χ0) is 22.4. The molecule has 31 heavy (non-hydrogen) atoms. The predicted octanol–water partition coefficient (Wildman–Crippen LogP) is 4.35. The van der Waals surface area contributed by atoms with Crippen molar-refractivity contribution in [3.05, 3.63) is 46.2 Å². The molecule has 0 fully saturated rings. The van der Waals surface area contributed by atoms with E-state index in [1.54, 1.807) is 31.4 Å². The molecule has 2 aromatic carbocycles. The van der Waals surface area contributed by atoms with Crippen molar-refractivity contribution < 1.29 is 23.7 Å². The Morgan fingerprint density at radius 3 is 2.74 bits per heavy atom. The summed E-state index contributed by atoms with van der Waals surface area (Å²) in [6, 6.07) is 11.1. The van der Waals surface area contributed by atoms with Crippen molar-refractivity contribution in [2.24, 2.45) is 0 Å². The number of carbonyl (C=O) groups excluding carboxylic acids is 1. The lowest BCUT2D eigenvalue weighted by Gasteiger charge is -2.14. The molecule has 0 amide bonds. The molecule has 160 valence electrons. The van der Waals surface area contributed by atoms with Crippen LogP contribution in [0.3, 0.4) is 0 Å².